The van der Waals surface area contributed by atoms with Gasteiger partial charge in [-0.2, -0.15) is 0 Å². The highest BCUT2D eigenvalue weighted by Gasteiger charge is 2.35. The zero-order valence-electron chi connectivity index (χ0n) is 14.1. The predicted molar refractivity (Wildman–Crippen MR) is 94.1 cm³/mol. The van der Waals surface area contributed by atoms with Crippen molar-refractivity contribution in [2.75, 3.05) is 27.2 Å². The summed E-state index contributed by atoms with van der Waals surface area (Å²) in [5.74, 6) is 1.42. The van der Waals surface area contributed by atoms with Crippen LogP contribution >= 0.6 is 0 Å². The Hall–Kier alpha value is -2.08. The molecule has 0 unspecified atom stereocenters. The lowest BCUT2D eigenvalue weighted by molar-refractivity contribution is 0.0217. The van der Waals surface area contributed by atoms with Crippen LogP contribution in [0.3, 0.4) is 0 Å². The Morgan fingerprint density at radius 3 is 1.88 bits per heavy atom. The van der Waals surface area contributed by atoms with E-state index in [1.165, 1.54) is 18.2 Å². The summed E-state index contributed by atoms with van der Waals surface area (Å²) in [4.78, 5) is 5.07. The second kappa shape index (κ2) is 7.21. The van der Waals surface area contributed by atoms with E-state index < -0.39 is 0 Å². The average molecular weight is 327 g/mol. The van der Waals surface area contributed by atoms with Crippen LogP contribution in [0, 0.1) is 5.21 Å². The molecule has 0 aromatic heterocycles. The molecule has 1 N–H and O–H groups in total. The van der Waals surface area contributed by atoms with Crippen molar-refractivity contribution in [2.24, 2.45) is 0 Å². The van der Waals surface area contributed by atoms with Crippen molar-refractivity contribution < 1.29 is 9.57 Å². The number of piperidine rings is 1. The van der Waals surface area contributed by atoms with Crippen LogP contribution < -0.4 is 14.9 Å². The molecular weight excluding hydrogens is 304 g/mol. The number of hydrogen-bond donors (Lipinski definition) is 1. The van der Waals surface area contributed by atoms with Crippen molar-refractivity contribution >= 4 is 0 Å². The first-order valence-corrected chi connectivity index (χ1v) is 8.19. The number of hydroxylamine groups is 2. The van der Waals surface area contributed by atoms with Crippen molar-refractivity contribution in [1.29, 1.82) is 0 Å². The largest absolute Gasteiger partial charge is 0.753 e. The molecule has 5 nitrogen and oxygen atoms in total. The summed E-state index contributed by atoms with van der Waals surface area (Å²) in [5.41, 5.74) is 2.51. The topological polar surface area (TPSA) is 56.8 Å². The summed E-state index contributed by atoms with van der Waals surface area (Å²) >= 11 is 0. The maximum Gasteiger partial charge on any atom is 0.146 e. The third-order valence-electron chi connectivity index (χ3n) is 4.74. The molecule has 0 bridgehead atoms. The molecule has 3 rings (SSSR count). The van der Waals surface area contributed by atoms with Gasteiger partial charge in [0.25, 0.3) is 0 Å². The van der Waals surface area contributed by atoms with Crippen molar-refractivity contribution in [3.8, 4) is 11.5 Å². The van der Waals surface area contributed by atoms with E-state index in [2.05, 4.69) is 29.6 Å². The molecule has 1 fully saturated rings. The first-order valence-electron chi connectivity index (χ1n) is 8.19. The van der Waals surface area contributed by atoms with E-state index in [0.717, 1.165) is 31.7 Å². The molecule has 1 aliphatic heterocycles. The van der Waals surface area contributed by atoms with E-state index in [4.69, 9.17) is 9.57 Å². The lowest BCUT2D eigenvalue weighted by Crippen LogP contribution is -2.40. The standard InChI is InChI=1S/C19H23N2O3/c1-21(22)24-18-9-5-16(6-10-18)19(11-13-20-14-12-19)15-3-7-17(23-2)8-4-15/h3-10,20H,11-14H2,1-2H3/q-1. The molecule has 0 radical (unpaired) electrons. The van der Waals surface area contributed by atoms with Crippen LogP contribution in [0.2, 0.25) is 0 Å². The minimum atomic E-state index is -0.0284. The van der Waals surface area contributed by atoms with Crippen LogP contribution in [0.4, 0.5) is 0 Å². The molecule has 0 saturated carbocycles. The molecular formula is C19H23N2O3-. The average Bonchev–Trinajstić information content (AvgIpc) is 2.62. The van der Waals surface area contributed by atoms with Crippen molar-refractivity contribution in [2.45, 2.75) is 18.3 Å². The Morgan fingerprint density at radius 2 is 1.42 bits per heavy atom. The van der Waals surface area contributed by atoms with Gasteiger partial charge in [0, 0.05) is 12.5 Å². The Balaban J connectivity index is 1.95. The second-order valence-electron chi connectivity index (χ2n) is 6.12. The fourth-order valence-corrected chi connectivity index (χ4v) is 3.49. The first kappa shape index (κ1) is 16.8. The van der Waals surface area contributed by atoms with Crippen LogP contribution in [0.25, 0.3) is 0 Å². The molecule has 0 aliphatic carbocycles. The fraction of sp³-hybridized carbons (Fsp3) is 0.368. The number of nitrogens with zero attached hydrogens (tertiary/aromatic N) is 1. The van der Waals surface area contributed by atoms with Gasteiger partial charge in [0.05, 0.1) is 7.11 Å². The lowest BCUT2D eigenvalue weighted by Gasteiger charge is -2.39. The third kappa shape index (κ3) is 3.38. The highest BCUT2D eigenvalue weighted by molar-refractivity contribution is 5.44. The summed E-state index contributed by atoms with van der Waals surface area (Å²) in [7, 11) is 3.01. The van der Waals surface area contributed by atoms with E-state index in [1.807, 2.05) is 24.3 Å². The molecule has 0 amide bonds. The molecule has 2 aromatic carbocycles. The smallest absolute Gasteiger partial charge is 0.146 e. The minimum Gasteiger partial charge on any atom is -0.753 e. The maximum absolute atomic E-state index is 11.0. The number of benzene rings is 2. The highest BCUT2D eigenvalue weighted by atomic mass is 16.9. The van der Waals surface area contributed by atoms with Crippen LogP contribution in [-0.2, 0) is 5.41 Å². The molecule has 1 saturated heterocycles. The van der Waals surface area contributed by atoms with Gasteiger partial charge in [0.2, 0.25) is 0 Å². The Kier molecular flexibility index (Phi) is 5.04. The number of methoxy groups -OCH3 is 1. The van der Waals surface area contributed by atoms with Crippen LogP contribution in [0.5, 0.6) is 11.5 Å². The van der Waals surface area contributed by atoms with Crippen LogP contribution in [-0.4, -0.2) is 32.5 Å². The van der Waals surface area contributed by atoms with Crippen LogP contribution in [0.15, 0.2) is 48.5 Å². The summed E-state index contributed by atoms with van der Waals surface area (Å²) in [6.07, 6.45) is 2.06. The predicted octanol–water partition coefficient (Wildman–Crippen LogP) is 3.09. The number of ether oxygens (including phenoxy) is 1. The lowest BCUT2D eigenvalue weighted by atomic mass is 9.68. The zero-order valence-corrected chi connectivity index (χ0v) is 14.1. The van der Waals surface area contributed by atoms with Gasteiger partial charge in [-0.25, -0.2) is 5.23 Å². The molecule has 0 spiro atoms. The van der Waals surface area contributed by atoms with Gasteiger partial charge in [-0.1, -0.05) is 24.3 Å². The van der Waals surface area contributed by atoms with Crippen molar-refractivity contribution in [3.05, 3.63) is 64.9 Å². The third-order valence-corrected chi connectivity index (χ3v) is 4.74. The van der Waals surface area contributed by atoms with Crippen molar-refractivity contribution in [3.63, 3.8) is 0 Å². The van der Waals surface area contributed by atoms with E-state index >= 15 is 0 Å². The van der Waals surface area contributed by atoms with Gasteiger partial charge in [-0.15, -0.1) is 0 Å². The molecule has 128 valence electrons. The maximum atomic E-state index is 11.0. The van der Waals surface area contributed by atoms with E-state index in [1.54, 1.807) is 7.11 Å². The second-order valence-corrected chi connectivity index (χ2v) is 6.12. The molecule has 0 atom stereocenters. The molecule has 2 aromatic rings. The monoisotopic (exact) mass is 327 g/mol. The van der Waals surface area contributed by atoms with Crippen LogP contribution in [0.1, 0.15) is 24.0 Å². The SMILES string of the molecule is COc1ccc(C2(c3ccc(ON(C)[O-])cc3)CCNCC2)cc1. The highest BCUT2D eigenvalue weighted by Crippen LogP contribution is 2.41. The van der Waals surface area contributed by atoms with E-state index in [0.29, 0.717) is 11.0 Å². The van der Waals surface area contributed by atoms with E-state index in [9.17, 15) is 5.21 Å². The number of rotatable bonds is 5. The van der Waals surface area contributed by atoms with Gasteiger partial charge in [0.15, 0.2) is 0 Å². The molecule has 1 aliphatic rings. The molecule has 1 heterocycles. The summed E-state index contributed by atoms with van der Waals surface area (Å²) < 4.78 is 5.28. The Labute approximate surface area is 142 Å². The quantitative estimate of drug-likeness (QED) is 0.855. The fourth-order valence-electron chi connectivity index (χ4n) is 3.49. The zero-order chi connectivity index (χ0) is 17.0. The Morgan fingerprint density at radius 1 is 0.917 bits per heavy atom. The van der Waals surface area contributed by atoms with Gasteiger partial charge in [0.1, 0.15) is 11.5 Å². The minimum absolute atomic E-state index is 0.0284. The number of nitrogens with one attached hydrogen (secondary N) is 1. The Bertz CT molecular complexity index is 647. The van der Waals surface area contributed by atoms with Gasteiger partial charge >= 0.3 is 0 Å². The number of hydrogen-bond acceptors (Lipinski definition) is 5. The van der Waals surface area contributed by atoms with Gasteiger partial charge in [-0.05, 0) is 61.3 Å². The molecule has 24 heavy (non-hydrogen) atoms. The van der Waals surface area contributed by atoms with Gasteiger partial charge in [-0.3, -0.25) is 0 Å². The normalized spacial score (nSPS) is 16.8. The van der Waals surface area contributed by atoms with Crippen molar-refractivity contribution in [1.82, 2.24) is 10.5 Å². The first-order chi connectivity index (χ1) is 11.6. The van der Waals surface area contributed by atoms with Gasteiger partial charge < -0.3 is 20.1 Å². The summed E-state index contributed by atoms with van der Waals surface area (Å²) in [6.45, 7) is 1.96. The van der Waals surface area contributed by atoms with E-state index in [-0.39, 0.29) is 5.41 Å². The summed E-state index contributed by atoms with van der Waals surface area (Å²) in [5, 5.41) is 14.9. The summed E-state index contributed by atoms with van der Waals surface area (Å²) in [6, 6.07) is 16.2. The molecule has 5 heteroatoms.